The van der Waals surface area contributed by atoms with E-state index in [1.807, 2.05) is 25.3 Å². The van der Waals surface area contributed by atoms with E-state index >= 15 is 0 Å². The molecule has 0 aliphatic carbocycles. The van der Waals surface area contributed by atoms with Gasteiger partial charge in [-0.1, -0.05) is 12.1 Å². The molecule has 3 rings (SSSR count). The molecule has 4 heteroatoms. The molecule has 0 spiro atoms. The van der Waals surface area contributed by atoms with E-state index in [1.165, 1.54) is 18.4 Å². The van der Waals surface area contributed by atoms with E-state index in [4.69, 9.17) is 4.74 Å². The molecule has 0 bridgehead atoms. The average molecular weight is 297 g/mol. The summed E-state index contributed by atoms with van der Waals surface area (Å²) in [4.78, 5) is 11.2. The van der Waals surface area contributed by atoms with Crippen LogP contribution in [0.1, 0.15) is 24.1 Å². The Balaban J connectivity index is 1.57. The van der Waals surface area contributed by atoms with Crippen LogP contribution in [0.25, 0.3) is 0 Å². The van der Waals surface area contributed by atoms with Crippen LogP contribution in [0.2, 0.25) is 0 Å². The lowest BCUT2D eigenvalue weighted by Gasteiger charge is -2.32. The van der Waals surface area contributed by atoms with Crippen LogP contribution in [0.3, 0.4) is 0 Å². The number of piperidine rings is 1. The first kappa shape index (κ1) is 14.8. The average Bonchev–Trinajstić information content (AvgIpc) is 2.56. The second kappa shape index (κ2) is 6.77. The normalized spacial score (nSPS) is 15.8. The number of hydrogen-bond acceptors (Lipinski definition) is 4. The van der Waals surface area contributed by atoms with E-state index in [-0.39, 0.29) is 0 Å². The minimum Gasteiger partial charge on any atom is -0.497 e. The summed E-state index contributed by atoms with van der Waals surface area (Å²) in [7, 11) is 1.72. The molecule has 1 saturated heterocycles. The van der Waals surface area contributed by atoms with Crippen molar-refractivity contribution in [2.45, 2.75) is 26.2 Å². The molecule has 22 heavy (non-hydrogen) atoms. The van der Waals surface area contributed by atoms with E-state index in [1.54, 1.807) is 7.11 Å². The Bertz CT molecular complexity index is 621. The number of anilines is 1. The highest BCUT2D eigenvalue weighted by molar-refractivity contribution is 5.31. The van der Waals surface area contributed by atoms with Gasteiger partial charge in [0.15, 0.2) is 0 Å². The number of hydrogen-bond donors (Lipinski definition) is 0. The van der Waals surface area contributed by atoms with Gasteiger partial charge in [0.1, 0.15) is 5.75 Å². The summed E-state index contributed by atoms with van der Waals surface area (Å²) in [5, 5.41) is 0. The van der Waals surface area contributed by atoms with Crippen molar-refractivity contribution >= 4 is 5.95 Å². The first-order valence-corrected chi connectivity index (χ1v) is 7.92. The molecule has 0 amide bonds. The number of benzene rings is 1. The lowest BCUT2D eigenvalue weighted by Crippen LogP contribution is -2.35. The highest BCUT2D eigenvalue weighted by Gasteiger charge is 2.21. The number of aryl methyl sites for hydroxylation is 1. The summed E-state index contributed by atoms with van der Waals surface area (Å²) in [6.07, 6.45) is 5.35. The van der Waals surface area contributed by atoms with Crippen LogP contribution in [0.15, 0.2) is 36.5 Å². The van der Waals surface area contributed by atoms with Crippen molar-refractivity contribution < 1.29 is 4.74 Å². The zero-order valence-electron chi connectivity index (χ0n) is 13.3. The number of rotatable bonds is 4. The SMILES string of the molecule is COc1cccc(CC2CCN(c3nccc(C)n3)CC2)c1. The van der Waals surface area contributed by atoms with Crippen LogP contribution < -0.4 is 9.64 Å². The molecule has 0 radical (unpaired) electrons. The van der Waals surface area contributed by atoms with Crippen molar-refractivity contribution in [1.82, 2.24) is 9.97 Å². The fourth-order valence-corrected chi connectivity index (χ4v) is 3.06. The highest BCUT2D eigenvalue weighted by atomic mass is 16.5. The molecular formula is C18H23N3O. The van der Waals surface area contributed by atoms with E-state index < -0.39 is 0 Å². The zero-order valence-corrected chi connectivity index (χ0v) is 13.3. The van der Waals surface area contributed by atoms with Crippen molar-refractivity contribution in [1.29, 1.82) is 0 Å². The quantitative estimate of drug-likeness (QED) is 0.868. The topological polar surface area (TPSA) is 38.2 Å². The molecule has 2 aromatic rings. The molecule has 1 fully saturated rings. The number of aromatic nitrogens is 2. The van der Waals surface area contributed by atoms with Crippen LogP contribution in [0.5, 0.6) is 5.75 Å². The third-order valence-corrected chi connectivity index (χ3v) is 4.34. The van der Waals surface area contributed by atoms with Crippen LogP contribution in [0.4, 0.5) is 5.95 Å². The second-order valence-corrected chi connectivity index (χ2v) is 5.98. The molecule has 116 valence electrons. The largest absolute Gasteiger partial charge is 0.497 e. The van der Waals surface area contributed by atoms with Gasteiger partial charge < -0.3 is 9.64 Å². The Morgan fingerprint density at radius 3 is 2.77 bits per heavy atom. The van der Waals surface area contributed by atoms with E-state index in [2.05, 4.69) is 33.1 Å². The lowest BCUT2D eigenvalue weighted by atomic mass is 9.90. The van der Waals surface area contributed by atoms with Gasteiger partial charge >= 0.3 is 0 Å². The van der Waals surface area contributed by atoms with Gasteiger partial charge in [-0.3, -0.25) is 0 Å². The van der Waals surface area contributed by atoms with Crippen molar-refractivity contribution in [2.24, 2.45) is 5.92 Å². The van der Waals surface area contributed by atoms with E-state index in [0.717, 1.165) is 42.8 Å². The minimum atomic E-state index is 0.730. The predicted molar refractivity (Wildman–Crippen MR) is 88.4 cm³/mol. The fourth-order valence-electron chi connectivity index (χ4n) is 3.06. The summed E-state index contributed by atoms with van der Waals surface area (Å²) in [5.74, 6) is 2.55. The number of nitrogens with zero attached hydrogens (tertiary/aromatic N) is 3. The van der Waals surface area contributed by atoms with Gasteiger partial charge in [0, 0.05) is 25.0 Å². The monoisotopic (exact) mass is 297 g/mol. The minimum absolute atomic E-state index is 0.730. The summed E-state index contributed by atoms with van der Waals surface area (Å²) >= 11 is 0. The lowest BCUT2D eigenvalue weighted by molar-refractivity contribution is 0.396. The Kier molecular flexibility index (Phi) is 4.56. The maximum absolute atomic E-state index is 5.31. The zero-order chi connectivity index (χ0) is 15.4. The van der Waals surface area contributed by atoms with Crippen LogP contribution in [-0.4, -0.2) is 30.2 Å². The molecular weight excluding hydrogens is 274 g/mol. The van der Waals surface area contributed by atoms with Crippen LogP contribution in [-0.2, 0) is 6.42 Å². The first-order valence-electron chi connectivity index (χ1n) is 7.92. The van der Waals surface area contributed by atoms with Crippen molar-refractivity contribution in [3.05, 3.63) is 47.8 Å². The summed E-state index contributed by atoms with van der Waals surface area (Å²) in [5.41, 5.74) is 2.40. The van der Waals surface area contributed by atoms with Crippen LogP contribution in [0, 0.1) is 12.8 Å². The third kappa shape index (κ3) is 3.56. The summed E-state index contributed by atoms with van der Waals surface area (Å²) in [6.45, 7) is 4.09. The molecule has 1 aromatic carbocycles. The maximum atomic E-state index is 5.31. The molecule has 0 atom stereocenters. The molecule has 4 nitrogen and oxygen atoms in total. The van der Waals surface area contributed by atoms with Gasteiger partial charge in [-0.15, -0.1) is 0 Å². The third-order valence-electron chi connectivity index (χ3n) is 4.34. The van der Waals surface area contributed by atoms with Gasteiger partial charge in [-0.05, 0) is 55.9 Å². The Labute approximate surface area is 132 Å². The van der Waals surface area contributed by atoms with Crippen molar-refractivity contribution in [3.8, 4) is 5.75 Å². The fraction of sp³-hybridized carbons (Fsp3) is 0.444. The molecule has 1 aromatic heterocycles. The highest BCUT2D eigenvalue weighted by Crippen LogP contribution is 2.25. The van der Waals surface area contributed by atoms with E-state index in [0.29, 0.717) is 0 Å². The standard InChI is InChI=1S/C18H23N3O/c1-14-6-9-19-18(20-14)21-10-7-15(8-11-21)12-16-4-3-5-17(13-16)22-2/h3-6,9,13,15H,7-8,10-12H2,1-2H3. The first-order chi connectivity index (χ1) is 10.7. The Morgan fingerprint density at radius 2 is 2.05 bits per heavy atom. The molecule has 0 unspecified atom stereocenters. The predicted octanol–water partition coefficient (Wildman–Crippen LogP) is 3.25. The Morgan fingerprint density at radius 1 is 1.23 bits per heavy atom. The van der Waals surface area contributed by atoms with Gasteiger partial charge in [0.25, 0.3) is 0 Å². The summed E-state index contributed by atoms with van der Waals surface area (Å²) in [6, 6.07) is 10.4. The molecule has 0 saturated carbocycles. The van der Waals surface area contributed by atoms with Gasteiger partial charge in [0.05, 0.1) is 7.11 Å². The van der Waals surface area contributed by atoms with Crippen molar-refractivity contribution in [2.75, 3.05) is 25.1 Å². The molecule has 1 aliphatic rings. The molecule has 0 N–H and O–H groups in total. The number of ether oxygens (including phenoxy) is 1. The maximum Gasteiger partial charge on any atom is 0.225 e. The smallest absolute Gasteiger partial charge is 0.225 e. The van der Waals surface area contributed by atoms with Crippen LogP contribution >= 0.6 is 0 Å². The van der Waals surface area contributed by atoms with E-state index in [9.17, 15) is 0 Å². The van der Waals surface area contributed by atoms with Crippen molar-refractivity contribution in [3.63, 3.8) is 0 Å². The van der Waals surface area contributed by atoms with Gasteiger partial charge in [-0.2, -0.15) is 0 Å². The number of methoxy groups -OCH3 is 1. The second-order valence-electron chi connectivity index (χ2n) is 5.98. The van der Waals surface area contributed by atoms with Gasteiger partial charge in [-0.25, -0.2) is 9.97 Å². The molecule has 1 aliphatic heterocycles. The summed E-state index contributed by atoms with van der Waals surface area (Å²) < 4.78 is 5.31. The Hall–Kier alpha value is -2.10. The van der Waals surface area contributed by atoms with Gasteiger partial charge in [0.2, 0.25) is 5.95 Å². The molecule has 2 heterocycles.